The minimum Gasteiger partial charge on any atom is -0.457 e. The second kappa shape index (κ2) is 8.80. The van der Waals surface area contributed by atoms with Crippen LogP contribution in [0, 0.1) is 5.92 Å². The first-order valence-corrected chi connectivity index (χ1v) is 8.82. The fourth-order valence-corrected chi connectivity index (χ4v) is 2.29. The van der Waals surface area contributed by atoms with Gasteiger partial charge in [-0.15, -0.1) is 10.2 Å². The number of hydrogen-bond acceptors (Lipinski definition) is 5. The van der Waals surface area contributed by atoms with Crippen LogP contribution in [0.2, 0.25) is 0 Å². The van der Waals surface area contributed by atoms with E-state index in [1.165, 1.54) is 0 Å². The molecular formula is C21H22N4O2. The van der Waals surface area contributed by atoms with Gasteiger partial charge in [-0.3, -0.25) is 4.79 Å². The Morgan fingerprint density at radius 2 is 1.63 bits per heavy atom. The number of aromatic nitrogens is 2. The molecule has 0 saturated carbocycles. The highest BCUT2D eigenvalue weighted by Crippen LogP contribution is 2.23. The van der Waals surface area contributed by atoms with Gasteiger partial charge in [-0.2, -0.15) is 0 Å². The molecule has 0 radical (unpaired) electrons. The second-order valence-electron chi connectivity index (χ2n) is 6.47. The molecule has 0 aliphatic carbocycles. The standard InChI is InChI=1S/C21H22N4O2/c1-15(2)14-22-21(26)19-12-13-20(25-24-19)23-16-8-10-18(11-9-16)27-17-6-4-3-5-7-17/h3-13,15H,14H2,1-2H3,(H,22,26)(H,23,25). The van der Waals surface area contributed by atoms with E-state index in [4.69, 9.17) is 4.74 Å². The lowest BCUT2D eigenvalue weighted by Gasteiger charge is -2.09. The van der Waals surface area contributed by atoms with Gasteiger partial charge in [-0.25, -0.2) is 0 Å². The lowest BCUT2D eigenvalue weighted by atomic mass is 10.2. The van der Waals surface area contributed by atoms with Crippen LogP contribution in [0.15, 0.2) is 66.7 Å². The Bertz CT molecular complexity index is 863. The summed E-state index contributed by atoms with van der Waals surface area (Å²) in [6.07, 6.45) is 0. The highest BCUT2D eigenvalue weighted by Gasteiger charge is 2.08. The lowest BCUT2D eigenvalue weighted by Crippen LogP contribution is -2.28. The van der Waals surface area contributed by atoms with E-state index in [0.717, 1.165) is 17.2 Å². The van der Waals surface area contributed by atoms with Crippen LogP contribution in [0.3, 0.4) is 0 Å². The molecule has 0 saturated heterocycles. The molecule has 3 rings (SSSR count). The number of ether oxygens (including phenoxy) is 1. The van der Waals surface area contributed by atoms with Crippen LogP contribution in [0.4, 0.5) is 11.5 Å². The number of nitrogens with zero attached hydrogens (tertiary/aromatic N) is 2. The number of rotatable bonds is 7. The fraction of sp³-hybridized carbons (Fsp3) is 0.190. The third-order valence-electron chi connectivity index (χ3n) is 3.67. The molecule has 0 aliphatic heterocycles. The van der Waals surface area contributed by atoms with Crippen molar-refractivity contribution in [1.29, 1.82) is 0 Å². The molecule has 0 atom stereocenters. The van der Waals surface area contributed by atoms with Gasteiger partial charge in [0.2, 0.25) is 0 Å². The molecule has 2 aromatic carbocycles. The average Bonchev–Trinajstić information content (AvgIpc) is 2.69. The van der Waals surface area contributed by atoms with Gasteiger partial charge in [0.1, 0.15) is 11.5 Å². The Labute approximate surface area is 158 Å². The summed E-state index contributed by atoms with van der Waals surface area (Å²) in [6.45, 7) is 4.68. The monoisotopic (exact) mass is 362 g/mol. The largest absolute Gasteiger partial charge is 0.457 e. The van der Waals surface area contributed by atoms with Crippen LogP contribution in [0.1, 0.15) is 24.3 Å². The maximum atomic E-state index is 12.0. The summed E-state index contributed by atoms with van der Waals surface area (Å²) in [5.41, 5.74) is 1.15. The molecule has 138 valence electrons. The first-order chi connectivity index (χ1) is 13.1. The van der Waals surface area contributed by atoms with Crippen LogP contribution < -0.4 is 15.4 Å². The molecule has 0 spiro atoms. The minimum atomic E-state index is -0.217. The molecule has 1 amide bonds. The molecule has 1 aromatic heterocycles. The number of amides is 1. The van der Waals surface area contributed by atoms with Gasteiger partial charge < -0.3 is 15.4 Å². The molecule has 0 unspecified atom stereocenters. The first kappa shape index (κ1) is 18.4. The summed E-state index contributed by atoms with van der Waals surface area (Å²) in [7, 11) is 0. The topological polar surface area (TPSA) is 76.1 Å². The molecule has 1 heterocycles. The SMILES string of the molecule is CC(C)CNC(=O)c1ccc(Nc2ccc(Oc3ccccc3)cc2)nn1. The van der Waals surface area contributed by atoms with Crippen LogP contribution in [0.25, 0.3) is 0 Å². The molecule has 27 heavy (non-hydrogen) atoms. The van der Waals surface area contributed by atoms with Gasteiger partial charge >= 0.3 is 0 Å². The Balaban J connectivity index is 1.58. The third kappa shape index (κ3) is 5.54. The molecule has 3 aromatic rings. The Kier molecular flexibility index (Phi) is 5.99. The summed E-state index contributed by atoms with van der Waals surface area (Å²) >= 11 is 0. The van der Waals surface area contributed by atoms with E-state index >= 15 is 0 Å². The summed E-state index contributed by atoms with van der Waals surface area (Å²) in [4.78, 5) is 12.0. The van der Waals surface area contributed by atoms with Crippen molar-refractivity contribution in [3.05, 3.63) is 72.4 Å². The van der Waals surface area contributed by atoms with Gasteiger partial charge in [0.05, 0.1) is 0 Å². The zero-order valence-corrected chi connectivity index (χ0v) is 15.3. The van der Waals surface area contributed by atoms with Crippen molar-refractivity contribution in [2.24, 2.45) is 5.92 Å². The number of nitrogens with one attached hydrogen (secondary N) is 2. The van der Waals surface area contributed by atoms with Crippen LogP contribution in [-0.2, 0) is 0 Å². The highest BCUT2D eigenvalue weighted by molar-refractivity contribution is 5.92. The van der Waals surface area contributed by atoms with Gasteiger partial charge in [0, 0.05) is 12.2 Å². The number of benzene rings is 2. The minimum absolute atomic E-state index is 0.217. The fourth-order valence-electron chi connectivity index (χ4n) is 2.29. The second-order valence-corrected chi connectivity index (χ2v) is 6.47. The summed E-state index contributed by atoms with van der Waals surface area (Å²) < 4.78 is 5.77. The maximum Gasteiger partial charge on any atom is 0.271 e. The molecule has 6 heteroatoms. The van der Waals surface area contributed by atoms with Crippen molar-refractivity contribution >= 4 is 17.4 Å². The van der Waals surface area contributed by atoms with Crippen molar-refractivity contribution < 1.29 is 9.53 Å². The van der Waals surface area contributed by atoms with Crippen molar-refractivity contribution in [3.8, 4) is 11.5 Å². The molecular weight excluding hydrogens is 340 g/mol. The van der Waals surface area contributed by atoms with E-state index in [1.54, 1.807) is 12.1 Å². The zero-order valence-electron chi connectivity index (χ0n) is 15.3. The quantitative estimate of drug-likeness (QED) is 0.651. The van der Waals surface area contributed by atoms with E-state index < -0.39 is 0 Å². The highest BCUT2D eigenvalue weighted by atomic mass is 16.5. The zero-order chi connectivity index (χ0) is 19.1. The maximum absolute atomic E-state index is 12.0. The number of carbonyl (C=O) groups is 1. The van der Waals surface area contributed by atoms with Crippen LogP contribution in [0.5, 0.6) is 11.5 Å². The molecule has 0 bridgehead atoms. The number of para-hydroxylation sites is 1. The normalized spacial score (nSPS) is 10.5. The molecule has 2 N–H and O–H groups in total. The van der Waals surface area contributed by atoms with E-state index in [2.05, 4.69) is 20.8 Å². The van der Waals surface area contributed by atoms with Crippen molar-refractivity contribution in [3.63, 3.8) is 0 Å². The van der Waals surface area contributed by atoms with E-state index in [0.29, 0.717) is 24.0 Å². The Morgan fingerprint density at radius 3 is 2.26 bits per heavy atom. The van der Waals surface area contributed by atoms with Gasteiger partial charge in [-0.05, 0) is 54.4 Å². The van der Waals surface area contributed by atoms with Gasteiger partial charge in [-0.1, -0.05) is 32.0 Å². The smallest absolute Gasteiger partial charge is 0.271 e. The average molecular weight is 362 g/mol. The lowest BCUT2D eigenvalue weighted by molar-refractivity contribution is 0.0943. The summed E-state index contributed by atoms with van der Waals surface area (Å²) in [6, 6.07) is 20.5. The number of carbonyl (C=O) groups excluding carboxylic acids is 1. The number of hydrogen-bond donors (Lipinski definition) is 2. The Morgan fingerprint density at radius 1 is 0.926 bits per heavy atom. The van der Waals surface area contributed by atoms with Crippen LogP contribution >= 0.6 is 0 Å². The Hall–Kier alpha value is -3.41. The molecule has 0 aliphatic rings. The van der Waals surface area contributed by atoms with E-state index in [1.807, 2.05) is 68.4 Å². The van der Waals surface area contributed by atoms with Gasteiger partial charge in [0.15, 0.2) is 11.5 Å². The third-order valence-corrected chi connectivity index (χ3v) is 3.67. The van der Waals surface area contributed by atoms with Gasteiger partial charge in [0.25, 0.3) is 5.91 Å². The van der Waals surface area contributed by atoms with Crippen LogP contribution in [-0.4, -0.2) is 22.6 Å². The summed E-state index contributed by atoms with van der Waals surface area (Å²) in [5, 5.41) is 14.0. The summed E-state index contributed by atoms with van der Waals surface area (Å²) in [5.74, 6) is 2.26. The first-order valence-electron chi connectivity index (χ1n) is 8.82. The van der Waals surface area contributed by atoms with E-state index in [9.17, 15) is 4.79 Å². The van der Waals surface area contributed by atoms with Crippen molar-refractivity contribution in [2.75, 3.05) is 11.9 Å². The van der Waals surface area contributed by atoms with Crippen molar-refractivity contribution in [2.45, 2.75) is 13.8 Å². The predicted octanol–water partition coefficient (Wildman–Crippen LogP) is 4.40. The van der Waals surface area contributed by atoms with Crippen molar-refractivity contribution in [1.82, 2.24) is 15.5 Å². The molecule has 6 nitrogen and oxygen atoms in total. The number of anilines is 2. The van der Waals surface area contributed by atoms with E-state index in [-0.39, 0.29) is 5.91 Å². The predicted molar refractivity (Wildman–Crippen MR) is 105 cm³/mol. The molecule has 0 fully saturated rings.